The first-order valence-corrected chi connectivity index (χ1v) is 8.25. The molecule has 8 nitrogen and oxygen atoms in total. The van der Waals surface area contributed by atoms with Crippen molar-refractivity contribution in [3.05, 3.63) is 34.9 Å². The molecule has 0 fully saturated rings. The number of ether oxygens (including phenoxy) is 2. The van der Waals surface area contributed by atoms with E-state index in [-0.39, 0.29) is 30.1 Å². The van der Waals surface area contributed by atoms with Gasteiger partial charge in [0.1, 0.15) is 11.4 Å². The third-order valence-corrected chi connectivity index (χ3v) is 3.49. The molecule has 8 heteroatoms. The maximum absolute atomic E-state index is 12.2. The van der Waals surface area contributed by atoms with Crippen molar-refractivity contribution < 1.29 is 23.9 Å². The molecule has 26 heavy (non-hydrogen) atoms. The molecule has 0 aromatic heterocycles. The zero-order valence-corrected chi connectivity index (χ0v) is 15.3. The number of nitrogens with zero attached hydrogens (tertiary/aromatic N) is 1. The van der Waals surface area contributed by atoms with E-state index >= 15 is 0 Å². The molecular formula is C18H23N3O5. The Hall–Kier alpha value is -2.90. The Bertz CT molecular complexity index is 765. The molecule has 0 saturated carbocycles. The summed E-state index contributed by atoms with van der Waals surface area (Å²) in [6, 6.07) is 4.71. The summed E-state index contributed by atoms with van der Waals surface area (Å²) >= 11 is 0. The smallest absolute Gasteiger partial charge is 0.338 e. The van der Waals surface area contributed by atoms with Crippen molar-refractivity contribution in [2.75, 3.05) is 0 Å². The van der Waals surface area contributed by atoms with E-state index < -0.39 is 23.6 Å². The fourth-order valence-corrected chi connectivity index (χ4v) is 2.32. The van der Waals surface area contributed by atoms with Crippen molar-refractivity contribution in [2.24, 2.45) is 10.9 Å². The van der Waals surface area contributed by atoms with Crippen molar-refractivity contribution in [1.29, 1.82) is 5.41 Å². The predicted octanol–water partition coefficient (Wildman–Crippen LogP) is 2.65. The van der Waals surface area contributed by atoms with Crippen LogP contribution in [-0.4, -0.2) is 29.3 Å². The number of rotatable bonds is 4. The largest absolute Gasteiger partial charge is 0.456 e. The van der Waals surface area contributed by atoms with Crippen LogP contribution < -0.4 is 5.73 Å². The van der Waals surface area contributed by atoms with Crippen LogP contribution in [0.25, 0.3) is 0 Å². The number of nitrogens with one attached hydrogen (secondary N) is 1. The van der Waals surface area contributed by atoms with Gasteiger partial charge in [-0.1, -0.05) is 18.1 Å². The fourth-order valence-electron chi connectivity index (χ4n) is 2.32. The molecular weight excluding hydrogens is 338 g/mol. The van der Waals surface area contributed by atoms with Crippen molar-refractivity contribution in [3.63, 3.8) is 0 Å². The summed E-state index contributed by atoms with van der Waals surface area (Å²) in [4.78, 5) is 28.9. The van der Waals surface area contributed by atoms with E-state index in [4.69, 9.17) is 25.5 Å². The summed E-state index contributed by atoms with van der Waals surface area (Å²) < 4.78 is 10.4. The summed E-state index contributed by atoms with van der Waals surface area (Å²) in [5, 5.41) is 11.6. The van der Waals surface area contributed by atoms with Gasteiger partial charge in [0.05, 0.1) is 12.0 Å². The van der Waals surface area contributed by atoms with Gasteiger partial charge in [-0.2, -0.15) is 0 Å². The Balaban J connectivity index is 2.22. The van der Waals surface area contributed by atoms with Crippen molar-refractivity contribution in [1.82, 2.24) is 0 Å². The topological polar surface area (TPSA) is 124 Å². The minimum absolute atomic E-state index is 0.174. The highest BCUT2D eigenvalue weighted by molar-refractivity contribution is 6.00. The van der Waals surface area contributed by atoms with Crippen molar-refractivity contribution in [3.8, 4) is 0 Å². The first kappa shape index (κ1) is 19.4. The lowest BCUT2D eigenvalue weighted by Gasteiger charge is -2.20. The van der Waals surface area contributed by atoms with Crippen LogP contribution in [-0.2, 0) is 19.1 Å². The van der Waals surface area contributed by atoms with Gasteiger partial charge in [-0.15, -0.1) is 0 Å². The van der Waals surface area contributed by atoms with Crippen molar-refractivity contribution in [2.45, 2.75) is 52.2 Å². The SMILES string of the molecule is CCC(=O)OC1=NOC(c2ccc(C(=O)OC(C)(C)C)cc2C(=N)N)C1. The minimum atomic E-state index is -0.632. The lowest BCUT2D eigenvalue weighted by Crippen LogP contribution is -2.24. The summed E-state index contributed by atoms with van der Waals surface area (Å²) in [6.45, 7) is 7.00. The van der Waals surface area contributed by atoms with E-state index in [1.165, 1.54) is 6.07 Å². The van der Waals surface area contributed by atoms with Gasteiger partial charge in [-0.05, 0) is 32.9 Å². The van der Waals surface area contributed by atoms with E-state index in [0.717, 1.165) is 0 Å². The second-order valence-electron chi connectivity index (χ2n) is 6.83. The Labute approximate surface area is 151 Å². The zero-order chi connectivity index (χ0) is 19.5. The quantitative estimate of drug-likeness (QED) is 0.482. The number of hydrogen-bond donors (Lipinski definition) is 2. The second-order valence-corrected chi connectivity index (χ2v) is 6.83. The Kier molecular flexibility index (Phi) is 5.64. The zero-order valence-electron chi connectivity index (χ0n) is 15.3. The highest BCUT2D eigenvalue weighted by atomic mass is 16.7. The Morgan fingerprint density at radius 2 is 2.08 bits per heavy atom. The van der Waals surface area contributed by atoms with E-state index in [1.54, 1.807) is 39.8 Å². The molecule has 1 aliphatic rings. The molecule has 1 heterocycles. The standard InChI is InChI=1S/C18H23N3O5/c1-5-15(22)24-14-9-13(26-21-14)11-7-6-10(8-12(11)16(19)20)17(23)25-18(2,3)4/h6-8,13H,5,9H2,1-4H3,(H3,19,20). The maximum Gasteiger partial charge on any atom is 0.338 e. The highest BCUT2D eigenvalue weighted by Crippen LogP contribution is 2.31. The molecule has 1 aromatic rings. The molecule has 0 radical (unpaired) electrons. The van der Waals surface area contributed by atoms with Gasteiger partial charge in [0.25, 0.3) is 0 Å². The molecule has 1 unspecified atom stereocenters. The lowest BCUT2D eigenvalue weighted by atomic mass is 9.97. The lowest BCUT2D eigenvalue weighted by molar-refractivity contribution is -0.135. The molecule has 3 N–H and O–H groups in total. The van der Waals surface area contributed by atoms with Crippen LogP contribution in [0.15, 0.2) is 23.4 Å². The maximum atomic E-state index is 12.2. The number of carbonyl (C=O) groups excluding carboxylic acids is 2. The molecule has 1 atom stereocenters. The van der Waals surface area contributed by atoms with Crippen molar-refractivity contribution >= 4 is 23.7 Å². The average molecular weight is 361 g/mol. The third-order valence-electron chi connectivity index (χ3n) is 3.49. The van der Waals surface area contributed by atoms with Crippen LogP contribution >= 0.6 is 0 Å². The summed E-state index contributed by atoms with van der Waals surface area (Å²) in [5.41, 5.74) is 6.24. The number of oxime groups is 1. The number of hydrogen-bond acceptors (Lipinski definition) is 7. The number of nitrogen functional groups attached to an aromatic ring is 1. The molecule has 0 spiro atoms. The van der Waals surface area contributed by atoms with Gasteiger partial charge in [0.2, 0.25) is 5.90 Å². The number of esters is 2. The van der Waals surface area contributed by atoms with Gasteiger partial charge in [-0.25, -0.2) is 4.79 Å². The van der Waals surface area contributed by atoms with E-state index in [1.807, 2.05) is 0 Å². The molecule has 0 aliphatic carbocycles. The molecule has 140 valence electrons. The first-order chi connectivity index (χ1) is 12.1. The summed E-state index contributed by atoms with van der Waals surface area (Å²) in [7, 11) is 0. The first-order valence-electron chi connectivity index (χ1n) is 8.25. The normalized spacial score (nSPS) is 16.5. The number of nitrogens with two attached hydrogens (primary N) is 1. The molecule has 0 bridgehead atoms. The Morgan fingerprint density at radius 3 is 2.65 bits per heavy atom. The molecule has 1 aromatic carbocycles. The molecule has 0 amide bonds. The molecule has 0 saturated heterocycles. The van der Waals surface area contributed by atoms with Gasteiger partial charge in [-0.3, -0.25) is 10.2 Å². The second kappa shape index (κ2) is 7.55. The van der Waals surface area contributed by atoms with Gasteiger partial charge in [0, 0.05) is 17.5 Å². The summed E-state index contributed by atoms with van der Waals surface area (Å²) in [6.07, 6.45) is -0.0913. The monoisotopic (exact) mass is 361 g/mol. The molecule has 2 rings (SSSR count). The molecule has 1 aliphatic heterocycles. The fraction of sp³-hybridized carbons (Fsp3) is 0.444. The van der Waals surface area contributed by atoms with Gasteiger partial charge in [0.15, 0.2) is 6.10 Å². The number of amidine groups is 1. The number of benzene rings is 1. The van der Waals surface area contributed by atoms with Crippen LogP contribution in [0.2, 0.25) is 0 Å². The van der Waals surface area contributed by atoms with Gasteiger partial charge < -0.3 is 20.0 Å². The summed E-state index contributed by atoms with van der Waals surface area (Å²) in [5.74, 6) is -0.951. The van der Waals surface area contributed by atoms with Gasteiger partial charge >= 0.3 is 11.9 Å². The number of carbonyl (C=O) groups is 2. The van der Waals surface area contributed by atoms with Crippen LogP contribution in [0.4, 0.5) is 0 Å². The van der Waals surface area contributed by atoms with Crippen LogP contribution in [0.3, 0.4) is 0 Å². The predicted molar refractivity (Wildman–Crippen MR) is 94.9 cm³/mol. The van der Waals surface area contributed by atoms with Crippen LogP contribution in [0.1, 0.15) is 68.1 Å². The highest BCUT2D eigenvalue weighted by Gasteiger charge is 2.29. The van der Waals surface area contributed by atoms with E-state index in [9.17, 15) is 9.59 Å². The third kappa shape index (κ3) is 4.81. The Morgan fingerprint density at radius 1 is 1.38 bits per heavy atom. The van der Waals surface area contributed by atoms with Crippen LogP contribution in [0, 0.1) is 5.41 Å². The van der Waals surface area contributed by atoms with E-state index in [0.29, 0.717) is 11.1 Å². The van der Waals surface area contributed by atoms with Crippen LogP contribution in [0.5, 0.6) is 0 Å². The minimum Gasteiger partial charge on any atom is -0.456 e. The van der Waals surface area contributed by atoms with E-state index in [2.05, 4.69) is 5.16 Å². The average Bonchev–Trinajstić information content (AvgIpc) is 3.00.